The molecule has 2 aromatic heterocycles. The Morgan fingerprint density at radius 3 is 2.61 bits per heavy atom. The van der Waals surface area contributed by atoms with Gasteiger partial charge in [0, 0.05) is 11.6 Å². The second-order valence-electron chi connectivity index (χ2n) is 4.15. The summed E-state index contributed by atoms with van der Waals surface area (Å²) in [4.78, 5) is 0. The van der Waals surface area contributed by atoms with Crippen molar-refractivity contribution >= 4 is 5.65 Å². The van der Waals surface area contributed by atoms with Gasteiger partial charge in [0.2, 0.25) is 0 Å². The first kappa shape index (κ1) is 10.8. The van der Waals surface area contributed by atoms with E-state index in [2.05, 4.69) is 15.3 Å². The molecule has 2 heterocycles. The van der Waals surface area contributed by atoms with E-state index >= 15 is 0 Å². The minimum Gasteiger partial charge on any atom is -0.508 e. The van der Waals surface area contributed by atoms with Gasteiger partial charge in [-0.15, -0.1) is 10.2 Å². The molecule has 0 aliphatic rings. The van der Waals surface area contributed by atoms with Gasteiger partial charge < -0.3 is 10.2 Å². The van der Waals surface area contributed by atoms with Crippen LogP contribution in [-0.4, -0.2) is 30.0 Å². The molecule has 0 aliphatic heterocycles. The van der Waals surface area contributed by atoms with Gasteiger partial charge in [-0.2, -0.15) is 0 Å². The number of hydrogen-bond donors (Lipinski definition) is 3. The Morgan fingerprint density at radius 2 is 1.94 bits per heavy atom. The first-order chi connectivity index (χ1) is 8.65. The van der Waals surface area contributed by atoms with Crippen molar-refractivity contribution in [3.05, 3.63) is 36.0 Å². The highest BCUT2D eigenvalue weighted by Gasteiger charge is 2.12. The normalized spacial score (nSPS) is 13.0. The number of rotatable bonds is 2. The molecule has 1 unspecified atom stereocenters. The van der Waals surface area contributed by atoms with Gasteiger partial charge in [0.25, 0.3) is 0 Å². The topological polar surface area (TPSA) is 86.4 Å². The van der Waals surface area contributed by atoms with Crippen molar-refractivity contribution in [3.8, 4) is 17.1 Å². The lowest BCUT2D eigenvalue weighted by Crippen LogP contribution is -1.95. The lowest BCUT2D eigenvalue weighted by molar-refractivity contribution is 0.194. The Balaban J connectivity index is 2.14. The van der Waals surface area contributed by atoms with Crippen LogP contribution in [-0.2, 0) is 0 Å². The third-order valence-electron chi connectivity index (χ3n) is 2.79. The molecule has 3 N–H and O–H groups in total. The maximum Gasteiger partial charge on any atom is 0.183 e. The number of hydrogen-bond acceptors (Lipinski definition) is 4. The number of phenolic OH excluding ortho intramolecular Hbond substituents is 1. The zero-order valence-corrected chi connectivity index (χ0v) is 9.70. The molecule has 0 aliphatic carbocycles. The number of fused-ring (bicyclic) bond motifs is 1. The average molecular weight is 244 g/mol. The highest BCUT2D eigenvalue weighted by molar-refractivity contribution is 5.60. The standard InChI is InChI=1S/C12H12N4O2/c1-7(17)10-6-11-13-14-12(16(11)15-10)8-2-4-9(18)5-3-8/h2-7,15,17-18H,1H3. The molecule has 0 amide bonds. The Morgan fingerprint density at radius 1 is 1.22 bits per heavy atom. The molecule has 0 bridgehead atoms. The highest BCUT2D eigenvalue weighted by atomic mass is 16.3. The summed E-state index contributed by atoms with van der Waals surface area (Å²) >= 11 is 0. The summed E-state index contributed by atoms with van der Waals surface area (Å²) in [7, 11) is 0. The number of nitrogens with zero attached hydrogens (tertiary/aromatic N) is 3. The quantitative estimate of drug-likeness (QED) is 0.637. The molecule has 0 saturated heterocycles. The number of aromatic nitrogens is 4. The molecule has 0 fully saturated rings. The fourth-order valence-corrected chi connectivity index (χ4v) is 1.81. The third-order valence-corrected chi connectivity index (χ3v) is 2.79. The average Bonchev–Trinajstić information content (AvgIpc) is 2.89. The Hall–Kier alpha value is -2.34. The number of aliphatic hydroxyl groups excluding tert-OH is 1. The molecular formula is C12H12N4O2. The third kappa shape index (κ3) is 1.63. The van der Waals surface area contributed by atoms with E-state index in [4.69, 9.17) is 0 Å². The molecule has 6 heteroatoms. The van der Waals surface area contributed by atoms with Crippen molar-refractivity contribution in [1.82, 2.24) is 19.8 Å². The van der Waals surface area contributed by atoms with Crippen LogP contribution >= 0.6 is 0 Å². The van der Waals surface area contributed by atoms with E-state index in [0.29, 0.717) is 17.2 Å². The Bertz CT molecular complexity index is 682. The van der Waals surface area contributed by atoms with E-state index in [1.165, 1.54) is 0 Å². The summed E-state index contributed by atoms with van der Waals surface area (Å²) in [5, 5.41) is 29.9. The van der Waals surface area contributed by atoms with E-state index < -0.39 is 6.10 Å². The number of nitrogens with one attached hydrogen (secondary N) is 1. The number of aromatic hydroxyl groups is 1. The van der Waals surface area contributed by atoms with Crippen LogP contribution in [0.15, 0.2) is 30.3 Å². The van der Waals surface area contributed by atoms with Crippen LogP contribution in [0.1, 0.15) is 18.7 Å². The SMILES string of the molecule is CC(O)c1cc2nnc(-c3ccc(O)cc3)n2[nH]1. The van der Waals surface area contributed by atoms with Crippen LogP contribution in [0.2, 0.25) is 0 Å². The second kappa shape index (κ2) is 3.85. The van der Waals surface area contributed by atoms with Crippen molar-refractivity contribution in [2.24, 2.45) is 0 Å². The van der Waals surface area contributed by atoms with Gasteiger partial charge in [-0.1, -0.05) is 0 Å². The van der Waals surface area contributed by atoms with Gasteiger partial charge >= 0.3 is 0 Å². The largest absolute Gasteiger partial charge is 0.508 e. The zero-order chi connectivity index (χ0) is 12.7. The van der Waals surface area contributed by atoms with Crippen molar-refractivity contribution in [3.63, 3.8) is 0 Å². The number of phenols is 1. The predicted octanol–water partition coefficient (Wildman–Crippen LogP) is 1.48. The number of H-pyrrole nitrogens is 1. The van der Waals surface area contributed by atoms with Crippen molar-refractivity contribution in [2.75, 3.05) is 0 Å². The first-order valence-electron chi connectivity index (χ1n) is 5.56. The van der Waals surface area contributed by atoms with Gasteiger partial charge in [0.1, 0.15) is 5.75 Å². The lowest BCUT2D eigenvalue weighted by atomic mass is 10.2. The van der Waals surface area contributed by atoms with Gasteiger partial charge in [-0.3, -0.25) is 5.10 Å². The van der Waals surface area contributed by atoms with Crippen LogP contribution in [0.5, 0.6) is 5.75 Å². The Labute approximate surface area is 103 Å². The van der Waals surface area contributed by atoms with E-state index in [1.54, 1.807) is 41.8 Å². The monoisotopic (exact) mass is 244 g/mol. The van der Waals surface area contributed by atoms with Gasteiger partial charge in [-0.05, 0) is 31.2 Å². The van der Waals surface area contributed by atoms with Crippen LogP contribution in [0.4, 0.5) is 0 Å². The summed E-state index contributed by atoms with van der Waals surface area (Å²) < 4.78 is 1.70. The van der Waals surface area contributed by atoms with Crippen molar-refractivity contribution in [1.29, 1.82) is 0 Å². The number of aromatic amines is 1. The zero-order valence-electron chi connectivity index (χ0n) is 9.70. The lowest BCUT2D eigenvalue weighted by Gasteiger charge is -2.00. The smallest absolute Gasteiger partial charge is 0.183 e. The highest BCUT2D eigenvalue weighted by Crippen LogP contribution is 2.22. The number of benzene rings is 1. The Kier molecular flexibility index (Phi) is 2.31. The van der Waals surface area contributed by atoms with Gasteiger partial charge in [0.15, 0.2) is 11.5 Å². The molecular weight excluding hydrogens is 232 g/mol. The first-order valence-corrected chi connectivity index (χ1v) is 5.56. The van der Waals surface area contributed by atoms with E-state index in [0.717, 1.165) is 5.56 Å². The van der Waals surface area contributed by atoms with Gasteiger partial charge in [-0.25, -0.2) is 4.52 Å². The van der Waals surface area contributed by atoms with Crippen LogP contribution < -0.4 is 0 Å². The van der Waals surface area contributed by atoms with Crippen LogP contribution in [0.25, 0.3) is 17.0 Å². The molecule has 3 rings (SSSR count). The van der Waals surface area contributed by atoms with Crippen molar-refractivity contribution < 1.29 is 10.2 Å². The summed E-state index contributed by atoms with van der Waals surface area (Å²) in [5.74, 6) is 0.840. The molecule has 0 radical (unpaired) electrons. The minimum absolute atomic E-state index is 0.204. The molecule has 6 nitrogen and oxygen atoms in total. The number of aliphatic hydroxyl groups is 1. The second-order valence-corrected chi connectivity index (χ2v) is 4.15. The minimum atomic E-state index is -0.584. The summed E-state index contributed by atoms with van der Waals surface area (Å²) in [6.07, 6.45) is -0.584. The van der Waals surface area contributed by atoms with E-state index in [-0.39, 0.29) is 5.75 Å². The van der Waals surface area contributed by atoms with Gasteiger partial charge in [0.05, 0.1) is 11.8 Å². The predicted molar refractivity (Wildman–Crippen MR) is 65.1 cm³/mol. The van der Waals surface area contributed by atoms with Crippen molar-refractivity contribution in [2.45, 2.75) is 13.0 Å². The summed E-state index contributed by atoms with van der Waals surface area (Å²) in [6, 6.07) is 8.45. The van der Waals surface area contributed by atoms with E-state index in [1.807, 2.05) is 0 Å². The molecule has 3 aromatic rings. The fraction of sp³-hybridized carbons (Fsp3) is 0.167. The van der Waals surface area contributed by atoms with E-state index in [9.17, 15) is 10.2 Å². The molecule has 1 atom stereocenters. The molecule has 0 spiro atoms. The fourth-order valence-electron chi connectivity index (χ4n) is 1.81. The van der Waals surface area contributed by atoms with Crippen LogP contribution in [0, 0.1) is 0 Å². The summed E-state index contributed by atoms with van der Waals surface area (Å²) in [6.45, 7) is 1.68. The molecule has 92 valence electrons. The van der Waals surface area contributed by atoms with Crippen LogP contribution in [0.3, 0.4) is 0 Å². The maximum atomic E-state index is 9.52. The molecule has 1 aromatic carbocycles. The molecule has 0 saturated carbocycles. The summed E-state index contributed by atoms with van der Waals surface area (Å²) in [5.41, 5.74) is 2.16. The molecule has 18 heavy (non-hydrogen) atoms. The maximum absolute atomic E-state index is 9.52.